The van der Waals surface area contributed by atoms with Crippen molar-refractivity contribution in [3.8, 4) is 0 Å². The summed E-state index contributed by atoms with van der Waals surface area (Å²) in [5.74, 6) is 0.788. The Morgan fingerprint density at radius 1 is 0.960 bits per heavy atom. The van der Waals surface area contributed by atoms with Crippen LogP contribution in [0.25, 0.3) is 31.3 Å². The predicted octanol–water partition coefficient (Wildman–Crippen LogP) is 5.08. The highest BCUT2D eigenvalue weighted by molar-refractivity contribution is 7.98. The van der Waals surface area contributed by atoms with E-state index in [4.69, 9.17) is 4.98 Å². The van der Waals surface area contributed by atoms with Crippen LogP contribution in [0.3, 0.4) is 0 Å². The molecule has 4 aromatic heterocycles. The summed E-state index contributed by atoms with van der Waals surface area (Å²) in [4.78, 5) is 19.2. The van der Waals surface area contributed by atoms with Gasteiger partial charge in [0.1, 0.15) is 16.2 Å². The van der Waals surface area contributed by atoms with Crippen LogP contribution in [0.5, 0.6) is 0 Å². The summed E-state index contributed by atoms with van der Waals surface area (Å²) in [6, 6.07) is 16.3. The van der Waals surface area contributed by atoms with E-state index in [1.807, 2.05) is 42.6 Å². The van der Waals surface area contributed by atoms with E-state index in [1.54, 1.807) is 29.4 Å². The monoisotopic (exact) mass is 360 g/mol. The minimum atomic E-state index is 0.788. The summed E-state index contributed by atoms with van der Waals surface area (Å²) in [5.41, 5.74) is 3.04. The summed E-state index contributed by atoms with van der Waals surface area (Å²) in [6.07, 6.45) is 3.46. The molecule has 5 aromatic rings. The lowest BCUT2D eigenvalue weighted by Gasteiger charge is -2.01. The normalized spacial score (nSPS) is 11.5. The van der Waals surface area contributed by atoms with E-state index in [0.717, 1.165) is 47.8 Å². The molecule has 0 aliphatic rings. The first-order valence-corrected chi connectivity index (χ1v) is 9.64. The van der Waals surface area contributed by atoms with Crippen LogP contribution < -0.4 is 0 Å². The molecule has 0 atom stereocenters. The predicted molar refractivity (Wildman–Crippen MR) is 104 cm³/mol. The van der Waals surface area contributed by atoms with Gasteiger partial charge in [-0.2, -0.15) is 0 Å². The number of aromatic nitrogens is 4. The van der Waals surface area contributed by atoms with E-state index < -0.39 is 0 Å². The summed E-state index contributed by atoms with van der Waals surface area (Å²) in [6.45, 7) is 0. The zero-order chi connectivity index (χ0) is 16.6. The lowest BCUT2D eigenvalue weighted by atomic mass is 10.2. The molecule has 0 radical (unpaired) electrons. The number of para-hydroxylation sites is 1. The fourth-order valence-corrected chi connectivity index (χ4v) is 4.92. The SMILES string of the molecule is c1ccc(CSc2ncnc3c2sc2nc4ccccc4cc23)nc1. The number of hydrogen-bond donors (Lipinski definition) is 0. The minimum Gasteiger partial charge on any atom is -0.260 e. The number of pyridine rings is 2. The molecule has 0 bridgehead atoms. The van der Waals surface area contributed by atoms with Gasteiger partial charge in [0, 0.05) is 22.7 Å². The number of thioether (sulfide) groups is 1. The first-order chi connectivity index (χ1) is 12.4. The Balaban J connectivity index is 1.63. The molecule has 120 valence electrons. The van der Waals surface area contributed by atoms with Gasteiger partial charge in [-0.1, -0.05) is 36.0 Å². The third-order valence-electron chi connectivity index (χ3n) is 4.00. The fourth-order valence-electron chi connectivity index (χ4n) is 2.81. The van der Waals surface area contributed by atoms with Crippen molar-refractivity contribution in [1.29, 1.82) is 0 Å². The summed E-state index contributed by atoms with van der Waals surface area (Å²) in [7, 11) is 0. The Kier molecular flexibility index (Phi) is 3.57. The number of fused-ring (bicyclic) bond motifs is 4. The number of rotatable bonds is 3. The Bertz CT molecular complexity index is 1200. The quantitative estimate of drug-likeness (QED) is 0.332. The molecule has 0 spiro atoms. The lowest BCUT2D eigenvalue weighted by molar-refractivity contribution is 1.10. The highest BCUT2D eigenvalue weighted by Crippen LogP contribution is 2.38. The van der Waals surface area contributed by atoms with E-state index in [0.29, 0.717) is 0 Å². The van der Waals surface area contributed by atoms with E-state index >= 15 is 0 Å². The second-order valence-corrected chi connectivity index (χ2v) is 7.57. The molecular weight excluding hydrogens is 348 g/mol. The van der Waals surface area contributed by atoms with Crippen LogP contribution in [0.1, 0.15) is 5.69 Å². The smallest absolute Gasteiger partial charge is 0.126 e. The largest absolute Gasteiger partial charge is 0.260 e. The van der Waals surface area contributed by atoms with Crippen molar-refractivity contribution in [2.75, 3.05) is 0 Å². The molecule has 0 saturated carbocycles. The first kappa shape index (κ1) is 14.7. The second kappa shape index (κ2) is 6.06. The van der Waals surface area contributed by atoms with Gasteiger partial charge < -0.3 is 0 Å². The van der Waals surface area contributed by atoms with Crippen molar-refractivity contribution < 1.29 is 0 Å². The number of benzene rings is 1. The standard InChI is InChI=1S/C19H12N4S2/c1-2-7-15-12(5-1)9-14-16-17(25-18(14)23-15)19(22-11-21-16)24-10-13-6-3-4-8-20-13/h1-9,11H,10H2. The molecule has 4 heterocycles. The van der Waals surface area contributed by atoms with Crippen LogP contribution in [-0.2, 0) is 5.75 Å². The molecule has 4 nitrogen and oxygen atoms in total. The molecular formula is C19H12N4S2. The van der Waals surface area contributed by atoms with E-state index in [9.17, 15) is 0 Å². The van der Waals surface area contributed by atoms with Gasteiger partial charge in [0.15, 0.2) is 0 Å². The van der Waals surface area contributed by atoms with Gasteiger partial charge in [-0.05, 0) is 24.3 Å². The molecule has 0 aliphatic heterocycles. The zero-order valence-corrected chi connectivity index (χ0v) is 14.7. The highest BCUT2D eigenvalue weighted by Gasteiger charge is 2.13. The van der Waals surface area contributed by atoms with Crippen molar-refractivity contribution >= 4 is 54.4 Å². The third-order valence-corrected chi connectivity index (χ3v) is 6.24. The van der Waals surface area contributed by atoms with Crippen molar-refractivity contribution in [3.05, 3.63) is 66.7 Å². The van der Waals surface area contributed by atoms with Crippen molar-refractivity contribution in [2.24, 2.45) is 0 Å². The molecule has 5 rings (SSSR count). The molecule has 0 saturated heterocycles. The molecule has 0 unspecified atom stereocenters. The van der Waals surface area contributed by atoms with Gasteiger partial charge in [0.05, 0.1) is 21.4 Å². The van der Waals surface area contributed by atoms with Crippen LogP contribution >= 0.6 is 23.1 Å². The van der Waals surface area contributed by atoms with Gasteiger partial charge in [0.25, 0.3) is 0 Å². The fraction of sp³-hybridized carbons (Fsp3) is 0.0526. The van der Waals surface area contributed by atoms with E-state index in [-0.39, 0.29) is 0 Å². The molecule has 25 heavy (non-hydrogen) atoms. The van der Waals surface area contributed by atoms with E-state index in [2.05, 4.69) is 27.1 Å². The van der Waals surface area contributed by atoms with Crippen molar-refractivity contribution in [1.82, 2.24) is 19.9 Å². The molecule has 1 aromatic carbocycles. The summed E-state index contributed by atoms with van der Waals surface area (Å²) >= 11 is 3.35. The van der Waals surface area contributed by atoms with Crippen molar-refractivity contribution in [3.63, 3.8) is 0 Å². The number of thiophene rings is 1. The van der Waals surface area contributed by atoms with Gasteiger partial charge in [0.2, 0.25) is 0 Å². The highest BCUT2D eigenvalue weighted by atomic mass is 32.2. The lowest BCUT2D eigenvalue weighted by Crippen LogP contribution is -1.87. The minimum absolute atomic E-state index is 0.788. The average molecular weight is 360 g/mol. The van der Waals surface area contributed by atoms with Gasteiger partial charge in [-0.3, -0.25) is 4.98 Å². The van der Waals surface area contributed by atoms with E-state index in [1.165, 1.54) is 0 Å². The van der Waals surface area contributed by atoms with Gasteiger partial charge in [-0.15, -0.1) is 11.3 Å². The Morgan fingerprint density at radius 2 is 1.88 bits per heavy atom. The zero-order valence-electron chi connectivity index (χ0n) is 13.1. The first-order valence-electron chi connectivity index (χ1n) is 7.84. The topological polar surface area (TPSA) is 51.6 Å². The van der Waals surface area contributed by atoms with Crippen LogP contribution in [0.4, 0.5) is 0 Å². The maximum absolute atomic E-state index is 4.80. The third kappa shape index (κ3) is 2.63. The molecule has 6 heteroatoms. The van der Waals surface area contributed by atoms with Gasteiger partial charge in [-0.25, -0.2) is 15.0 Å². The summed E-state index contributed by atoms with van der Waals surface area (Å²) in [5, 5.41) is 3.22. The van der Waals surface area contributed by atoms with Crippen molar-refractivity contribution in [2.45, 2.75) is 10.8 Å². The van der Waals surface area contributed by atoms with Crippen LogP contribution in [-0.4, -0.2) is 19.9 Å². The average Bonchev–Trinajstić information content (AvgIpc) is 3.03. The van der Waals surface area contributed by atoms with Crippen LogP contribution in [0, 0.1) is 0 Å². The van der Waals surface area contributed by atoms with Crippen LogP contribution in [0.2, 0.25) is 0 Å². The molecule has 0 N–H and O–H groups in total. The molecule has 0 aliphatic carbocycles. The number of hydrogen-bond acceptors (Lipinski definition) is 6. The summed E-state index contributed by atoms with van der Waals surface area (Å²) < 4.78 is 1.10. The second-order valence-electron chi connectivity index (χ2n) is 5.60. The van der Waals surface area contributed by atoms with Gasteiger partial charge >= 0.3 is 0 Å². The maximum atomic E-state index is 4.80. The molecule has 0 fully saturated rings. The Morgan fingerprint density at radius 3 is 2.80 bits per heavy atom. The number of nitrogens with zero attached hydrogens (tertiary/aromatic N) is 4. The molecule has 0 amide bonds. The van der Waals surface area contributed by atoms with Crippen LogP contribution in [0.15, 0.2) is 66.1 Å². The Labute approximate surface area is 152 Å². The Hall–Kier alpha value is -2.57. The maximum Gasteiger partial charge on any atom is 0.126 e.